The van der Waals surface area contributed by atoms with Gasteiger partial charge in [-0.15, -0.1) is 0 Å². The minimum Gasteiger partial charge on any atom is -0.352 e. The highest BCUT2D eigenvalue weighted by atomic mass is 32.2. The molecule has 0 radical (unpaired) electrons. The molecular weight excluding hydrogens is 332 g/mol. The molecule has 3 rings (SSSR count). The van der Waals surface area contributed by atoms with Crippen molar-refractivity contribution in [1.29, 1.82) is 0 Å². The summed E-state index contributed by atoms with van der Waals surface area (Å²) in [6.45, 7) is 2.85. The Kier molecular flexibility index (Phi) is 4.43. The summed E-state index contributed by atoms with van der Waals surface area (Å²) in [5.41, 5.74) is -0.697. The molecule has 1 aromatic rings. The Morgan fingerprint density at radius 3 is 2.67 bits per heavy atom. The minimum absolute atomic E-state index is 0.0858. The number of likely N-dealkylation sites (N-methyl/N-ethyl adjacent to an activating group) is 1. The number of imidazole rings is 1. The molecule has 0 N–H and O–H groups in total. The van der Waals surface area contributed by atoms with Gasteiger partial charge in [-0.2, -0.15) is 0 Å². The summed E-state index contributed by atoms with van der Waals surface area (Å²) in [5, 5.41) is 0. The number of ether oxygens (including phenoxy) is 1. The lowest BCUT2D eigenvalue weighted by Crippen LogP contribution is -2.54. The standard InChI is InChI=1S/C15H24N4O4S/c1-4-24(21,22)19-8-5-15(6-9-19)14-16-7-10-18(14)11-12(23-15)13(20)17(2)3/h7,10,12H,4-6,8-9,11H2,1-3H3. The highest BCUT2D eigenvalue weighted by Gasteiger charge is 2.48. The fourth-order valence-corrected chi connectivity index (χ4v) is 4.57. The average molecular weight is 356 g/mol. The first kappa shape index (κ1) is 17.4. The summed E-state index contributed by atoms with van der Waals surface area (Å²) < 4.78 is 33.9. The van der Waals surface area contributed by atoms with Gasteiger partial charge < -0.3 is 14.2 Å². The molecule has 1 aromatic heterocycles. The van der Waals surface area contributed by atoms with Gasteiger partial charge in [0.1, 0.15) is 11.4 Å². The third-order valence-electron chi connectivity index (χ3n) is 4.86. The number of rotatable bonds is 3. The van der Waals surface area contributed by atoms with E-state index in [9.17, 15) is 13.2 Å². The number of hydrogen-bond acceptors (Lipinski definition) is 5. The molecule has 2 aliphatic heterocycles. The molecule has 1 atom stereocenters. The monoisotopic (exact) mass is 356 g/mol. The van der Waals surface area contributed by atoms with Crippen molar-refractivity contribution >= 4 is 15.9 Å². The van der Waals surface area contributed by atoms with Gasteiger partial charge >= 0.3 is 0 Å². The van der Waals surface area contributed by atoms with Crippen LogP contribution in [0.2, 0.25) is 0 Å². The van der Waals surface area contributed by atoms with Gasteiger partial charge in [-0.1, -0.05) is 0 Å². The third kappa shape index (κ3) is 2.84. The van der Waals surface area contributed by atoms with Crippen molar-refractivity contribution in [2.75, 3.05) is 32.9 Å². The SMILES string of the molecule is CCS(=O)(=O)N1CCC2(CC1)OC(C(=O)N(C)C)Cn1ccnc12. The summed E-state index contributed by atoms with van der Waals surface area (Å²) in [4.78, 5) is 18.3. The zero-order chi connectivity index (χ0) is 17.5. The van der Waals surface area contributed by atoms with Gasteiger partial charge in [0.15, 0.2) is 6.10 Å². The van der Waals surface area contributed by atoms with Crippen molar-refractivity contribution in [3.05, 3.63) is 18.2 Å². The van der Waals surface area contributed by atoms with Gasteiger partial charge in [0.2, 0.25) is 10.0 Å². The van der Waals surface area contributed by atoms with E-state index in [2.05, 4.69) is 4.98 Å². The molecule has 1 fully saturated rings. The molecule has 3 heterocycles. The summed E-state index contributed by atoms with van der Waals surface area (Å²) in [6, 6.07) is 0. The van der Waals surface area contributed by atoms with Crippen molar-refractivity contribution in [2.24, 2.45) is 0 Å². The van der Waals surface area contributed by atoms with E-state index in [1.807, 2.05) is 10.8 Å². The Labute approximate surface area is 142 Å². The van der Waals surface area contributed by atoms with Gasteiger partial charge in [0.25, 0.3) is 5.91 Å². The summed E-state index contributed by atoms with van der Waals surface area (Å²) in [5.74, 6) is 0.799. The van der Waals surface area contributed by atoms with E-state index in [1.165, 1.54) is 9.21 Å². The summed E-state index contributed by atoms with van der Waals surface area (Å²) >= 11 is 0. The molecule has 134 valence electrons. The molecule has 0 bridgehead atoms. The van der Waals surface area contributed by atoms with E-state index in [-0.39, 0.29) is 11.7 Å². The van der Waals surface area contributed by atoms with Crippen LogP contribution in [-0.2, 0) is 31.7 Å². The number of piperidine rings is 1. The summed E-state index contributed by atoms with van der Waals surface area (Å²) in [6.07, 6.45) is 3.99. The zero-order valence-electron chi connectivity index (χ0n) is 14.3. The Balaban J connectivity index is 1.86. The molecule has 24 heavy (non-hydrogen) atoms. The number of carbonyl (C=O) groups excluding carboxylic acids is 1. The maximum Gasteiger partial charge on any atom is 0.253 e. The van der Waals surface area contributed by atoms with Crippen molar-refractivity contribution in [1.82, 2.24) is 18.8 Å². The second-order valence-corrected chi connectivity index (χ2v) is 8.79. The number of sulfonamides is 1. The molecule has 0 aliphatic carbocycles. The Morgan fingerprint density at radius 2 is 2.08 bits per heavy atom. The minimum atomic E-state index is -3.21. The normalized spacial score (nSPS) is 23.9. The molecule has 8 nitrogen and oxygen atoms in total. The number of carbonyl (C=O) groups is 1. The first-order chi connectivity index (χ1) is 11.3. The van der Waals surface area contributed by atoms with Crippen molar-refractivity contribution in [3.63, 3.8) is 0 Å². The van der Waals surface area contributed by atoms with Crippen LogP contribution in [0.25, 0.3) is 0 Å². The molecule has 1 spiro atoms. The molecule has 0 aromatic carbocycles. The van der Waals surface area contributed by atoms with Crippen LogP contribution in [-0.4, -0.2) is 72.1 Å². The maximum absolute atomic E-state index is 12.4. The number of hydrogen-bond donors (Lipinski definition) is 0. The number of aromatic nitrogens is 2. The lowest BCUT2D eigenvalue weighted by Gasteiger charge is -2.45. The van der Waals surface area contributed by atoms with Crippen LogP contribution >= 0.6 is 0 Å². The van der Waals surface area contributed by atoms with Crippen molar-refractivity contribution < 1.29 is 17.9 Å². The maximum atomic E-state index is 12.4. The lowest BCUT2D eigenvalue weighted by molar-refractivity contribution is -0.177. The van der Waals surface area contributed by atoms with Gasteiger partial charge in [-0.05, 0) is 19.8 Å². The van der Waals surface area contributed by atoms with E-state index >= 15 is 0 Å². The third-order valence-corrected chi connectivity index (χ3v) is 6.74. The van der Waals surface area contributed by atoms with Crippen molar-refractivity contribution in [3.8, 4) is 0 Å². The molecular formula is C15H24N4O4S. The van der Waals surface area contributed by atoms with Gasteiger partial charge in [0.05, 0.1) is 12.3 Å². The molecule has 2 aliphatic rings. The predicted molar refractivity (Wildman–Crippen MR) is 87.7 cm³/mol. The molecule has 1 amide bonds. The van der Waals surface area contributed by atoms with Gasteiger partial charge in [0, 0.05) is 39.6 Å². The predicted octanol–water partition coefficient (Wildman–Crippen LogP) is 0.0109. The van der Waals surface area contributed by atoms with Crippen LogP contribution in [0.3, 0.4) is 0 Å². The van der Waals surface area contributed by atoms with Gasteiger partial charge in [-0.3, -0.25) is 4.79 Å². The van der Waals surface area contributed by atoms with Crippen LogP contribution < -0.4 is 0 Å². The highest BCUT2D eigenvalue weighted by molar-refractivity contribution is 7.89. The van der Waals surface area contributed by atoms with Crippen LogP contribution in [0.15, 0.2) is 12.4 Å². The zero-order valence-corrected chi connectivity index (χ0v) is 15.1. The van der Waals surface area contributed by atoms with Crippen LogP contribution in [0, 0.1) is 0 Å². The first-order valence-corrected chi connectivity index (χ1v) is 9.78. The number of amides is 1. The average Bonchev–Trinajstić information content (AvgIpc) is 3.04. The van der Waals surface area contributed by atoms with Crippen molar-refractivity contribution in [2.45, 2.75) is 38.0 Å². The smallest absolute Gasteiger partial charge is 0.253 e. The highest BCUT2D eigenvalue weighted by Crippen LogP contribution is 2.40. The fourth-order valence-electron chi connectivity index (χ4n) is 3.46. The molecule has 1 unspecified atom stereocenters. The second-order valence-electron chi connectivity index (χ2n) is 6.54. The Morgan fingerprint density at radius 1 is 1.42 bits per heavy atom. The van der Waals surface area contributed by atoms with Crippen LogP contribution in [0.1, 0.15) is 25.6 Å². The van der Waals surface area contributed by atoms with E-state index in [1.54, 1.807) is 27.2 Å². The van der Waals surface area contributed by atoms with Crippen LogP contribution in [0.5, 0.6) is 0 Å². The van der Waals surface area contributed by atoms with E-state index in [0.29, 0.717) is 32.5 Å². The summed E-state index contributed by atoms with van der Waals surface area (Å²) in [7, 11) is 0.205. The second kappa shape index (κ2) is 6.12. The number of fused-ring (bicyclic) bond motifs is 2. The van der Waals surface area contributed by atoms with E-state index < -0.39 is 21.7 Å². The van der Waals surface area contributed by atoms with E-state index in [0.717, 1.165) is 5.82 Å². The fraction of sp³-hybridized carbons (Fsp3) is 0.733. The van der Waals surface area contributed by atoms with Crippen LogP contribution in [0.4, 0.5) is 0 Å². The Bertz CT molecular complexity index is 720. The van der Waals surface area contributed by atoms with Gasteiger partial charge in [-0.25, -0.2) is 17.7 Å². The molecule has 1 saturated heterocycles. The topological polar surface area (TPSA) is 84.7 Å². The lowest BCUT2D eigenvalue weighted by atomic mass is 9.89. The largest absolute Gasteiger partial charge is 0.352 e. The van der Waals surface area contributed by atoms with E-state index in [4.69, 9.17) is 4.74 Å². The molecule has 0 saturated carbocycles. The quantitative estimate of drug-likeness (QED) is 0.762. The first-order valence-electron chi connectivity index (χ1n) is 8.17. The Hall–Kier alpha value is -1.45. The molecule has 9 heteroatoms. The number of nitrogens with zero attached hydrogens (tertiary/aromatic N) is 4.